The van der Waals surface area contributed by atoms with Crippen molar-refractivity contribution in [3.8, 4) is 67.0 Å². The molecule has 0 saturated heterocycles. The average molecular weight is 754 g/mol. The summed E-state index contributed by atoms with van der Waals surface area (Å²) in [5, 5.41) is 3.48. The van der Waals surface area contributed by atoms with Gasteiger partial charge in [0.1, 0.15) is 11.3 Å². The van der Waals surface area contributed by atoms with Crippen LogP contribution in [-0.4, -0.2) is 0 Å². The van der Waals surface area contributed by atoms with E-state index < -0.39 is 0 Å². The molecule has 0 spiro atoms. The molecule has 0 N–H and O–H groups in total. The van der Waals surface area contributed by atoms with Crippen LogP contribution in [-0.2, 0) is 5.41 Å². The van der Waals surface area contributed by atoms with Crippen LogP contribution in [0.5, 0.6) is 0 Å². The van der Waals surface area contributed by atoms with Crippen LogP contribution in [0.1, 0.15) is 25.0 Å². The van der Waals surface area contributed by atoms with Gasteiger partial charge in [0.2, 0.25) is 0 Å². The monoisotopic (exact) mass is 753 g/mol. The van der Waals surface area contributed by atoms with Crippen LogP contribution < -0.4 is 4.90 Å². The Kier molecular flexibility index (Phi) is 7.31. The molecule has 0 bridgehead atoms. The van der Waals surface area contributed by atoms with Crippen molar-refractivity contribution in [2.24, 2.45) is 0 Å². The average Bonchev–Trinajstić information content (AvgIpc) is 3.76. The third-order valence-electron chi connectivity index (χ3n) is 12.8. The highest BCUT2D eigenvalue weighted by atomic mass is 16.3. The van der Waals surface area contributed by atoms with Gasteiger partial charge < -0.3 is 9.32 Å². The summed E-state index contributed by atoms with van der Waals surface area (Å²) < 4.78 is 7.06. The van der Waals surface area contributed by atoms with Crippen molar-refractivity contribution in [3.05, 3.63) is 211 Å². The van der Waals surface area contributed by atoms with Gasteiger partial charge in [0, 0.05) is 44.4 Å². The van der Waals surface area contributed by atoms with Gasteiger partial charge in [0.25, 0.3) is 0 Å². The second-order valence-electron chi connectivity index (χ2n) is 16.4. The highest BCUT2D eigenvalue weighted by Crippen LogP contribution is 2.54. The Morgan fingerprint density at radius 1 is 0.390 bits per heavy atom. The molecule has 278 valence electrons. The Bertz CT molecular complexity index is 3280. The first-order chi connectivity index (χ1) is 29.0. The second kappa shape index (κ2) is 12.8. The normalized spacial score (nSPS) is 13.1. The van der Waals surface area contributed by atoms with Crippen LogP contribution in [0.25, 0.3) is 88.7 Å². The zero-order valence-corrected chi connectivity index (χ0v) is 32.9. The number of furan rings is 1. The molecule has 2 heteroatoms. The largest absolute Gasteiger partial charge is 0.455 e. The van der Waals surface area contributed by atoms with Crippen molar-refractivity contribution in [1.82, 2.24) is 0 Å². The van der Waals surface area contributed by atoms with Crippen molar-refractivity contribution < 1.29 is 4.42 Å². The minimum atomic E-state index is -0.0793. The third-order valence-corrected chi connectivity index (χ3v) is 12.8. The van der Waals surface area contributed by atoms with Crippen LogP contribution in [0.3, 0.4) is 0 Å². The number of hydrogen-bond donors (Lipinski definition) is 0. The maximum atomic E-state index is 7.06. The third kappa shape index (κ3) is 5.06. The molecule has 0 atom stereocenters. The summed E-state index contributed by atoms with van der Waals surface area (Å²) in [5.41, 5.74) is 20.3. The summed E-state index contributed by atoms with van der Waals surface area (Å²) in [6, 6.07) is 72.9. The lowest BCUT2D eigenvalue weighted by Crippen LogP contribution is -2.16. The Morgan fingerprint density at radius 3 is 1.66 bits per heavy atom. The fourth-order valence-electron chi connectivity index (χ4n) is 9.97. The summed E-state index contributed by atoms with van der Waals surface area (Å²) in [5.74, 6) is 0.902. The van der Waals surface area contributed by atoms with E-state index in [1.54, 1.807) is 0 Å². The number of hydrogen-bond acceptors (Lipinski definition) is 2. The highest BCUT2D eigenvalue weighted by molar-refractivity contribution is 6.22. The van der Waals surface area contributed by atoms with Crippen LogP contribution in [0.2, 0.25) is 0 Å². The van der Waals surface area contributed by atoms with Gasteiger partial charge in [0.05, 0.1) is 0 Å². The Labute approximate surface area is 344 Å². The molecule has 0 amide bonds. The van der Waals surface area contributed by atoms with E-state index >= 15 is 0 Å². The summed E-state index contributed by atoms with van der Waals surface area (Å²) in [6.07, 6.45) is 0. The van der Waals surface area contributed by atoms with Crippen LogP contribution >= 0.6 is 0 Å². The van der Waals surface area contributed by atoms with Crippen molar-refractivity contribution in [1.29, 1.82) is 0 Å². The van der Waals surface area contributed by atoms with Gasteiger partial charge in [-0.05, 0) is 109 Å². The molecule has 0 radical (unpaired) electrons. The number of fused-ring (bicyclic) bond motifs is 10. The van der Waals surface area contributed by atoms with E-state index in [0.717, 1.165) is 56.0 Å². The molecule has 1 heterocycles. The van der Waals surface area contributed by atoms with Crippen LogP contribution in [0, 0.1) is 0 Å². The molecule has 2 aliphatic carbocycles. The molecule has 0 saturated carbocycles. The quantitative estimate of drug-likeness (QED) is 0.174. The first-order valence-corrected chi connectivity index (χ1v) is 20.5. The lowest BCUT2D eigenvalue weighted by atomic mass is 9.82. The lowest BCUT2D eigenvalue weighted by Gasteiger charge is -2.28. The number of benzene rings is 9. The van der Waals surface area contributed by atoms with Gasteiger partial charge in [-0.25, -0.2) is 0 Å². The van der Waals surface area contributed by atoms with Crippen LogP contribution in [0.15, 0.2) is 205 Å². The molecule has 9 aromatic carbocycles. The molecule has 0 fully saturated rings. The number of nitrogens with zero attached hydrogens (tertiary/aromatic N) is 1. The molecular formula is C57H39NO. The van der Waals surface area contributed by atoms with Crippen LogP contribution in [0.4, 0.5) is 17.1 Å². The minimum Gasteiger partial charge on any atom is -0.455 e. The number of rotatable bonds is 5. The van der Waals surface area contributed by atoms with E-state index in [9.17, 15) is 0 Å². The van der Waals surface area contributed by atoms with E-state index in [-0.39, 0.29) is 5.41 Å². The van der Waals surface area contributed by atoms with E-state index in [4.69, 9.17) is 4.42 Å². The molecule has 12 rings (SSSR count). The minimum absolute atomic E-state index is 0.0793. The molecule has 1 aromatic heterocycles. The summed E-state index contributed by atoms with van der Waals surface area (Å²) >= 11 is 0. The highest BCUT2D eigenvalue weighted by Gasteiger charge is 2.36. The van der Waals surface area contributed by atoms with Gasteiger partial charge >= 0.3 is 0 Å². The molecule has 2 nitrogen and oxygen atoms in total. The second-order valence-corrected chi connectivity index (χ2v) is 16.4. The molecular weight excluding hydrogens is 715 g/mol. The van der Waals surface area contributed by atoms with Crippen molar-refractivity contribution >= 4 is 38.8 Å². The molecule has 0 unspecified atom stereocenters. The van der Waals surface area contributed by atoms with Crippen molar-refractivity contribution in [2.75, 3.05) is 4.90 Å². The predicted molar refractivity (Wildman–Crippen MR) is 247 cm³/mol. The van der Waals surface area contributed by atoms with Gasteiger partial charge in [-0.1, -0.05) is 172 Å². The first kappa shape index (κ1) is 33.7. The smallest absolute Gasteiger partial charge is 0.143 e. The first-order valence-electron chi connectivity index (χ1n) is 20.5. The fraction of sp³-hybridized carbons (Fsp3) is 0.0526. The maximum Gasteiger partial charge on any atom is 0.143 e. The predicted octanol–water partition coefficient (Wildman–Crippen LogP) is 16.0. The lowest BCUT2D eigenvalue weighted by molar-refractivity contribution is 0.636. The Hall–Kier alpha value is -7.42. The summed E-state index contributed by atoms with van der Waals surface area (Å²) in [7, 11) is 0. The molecule has 10 aromatic rings. The summed E-state index contributed by atoms with van der Waals surface area (Å²) in [4.78, 5) is 2.37. The Balaban J connectivity index is 0.943. The number of para-hydroxylation sites is 1. The number of anilines is 3. The summed E-state index contributed by atoms with van der Waals surface area (Å²) in [6.45, 7) is 4.69. The zero-order chi connectivity index (χ0) is 39.2. The van der Waals surface area contributed by atoms with Crippen molar-refractivity contribution in [3.63, 3.8) is 0 Å². The fourth-order valence-corrected chi connectivity index (χ4v) is 9.97. The molecule has 0 aliphatic heterocycles. The topological polar surface area (TPSA) is 16.4 Å². The standard InChI is InChI=1S/C57H39NO/c1-57(2)51-23-13-12-21-47(51)48-33-32-42(35-52(48)57)58(40-15-4-3-5-16-40)41-30-28-37(29-31-41)36-24-26-38(27-25-36)55-53-49-22-11-10-19-45(49)44-18-8-9-20-46(44)50-34-39-14-6-7-17-43(39)56(59-55)54(50)53/h3-35H,1-2H3. The molecule has 2 aliphatic rings. The SMILES string of the molecule is CC1(C)c2ccccc2-c2ccc(N(c3ccccc3)c3ccc(-c4ccc(-c5oc6c7c(cc8ccccc86)-c6ccccc6-c6ccccc6-c57)cc4)cc3)cc21. The van der Waals surface area contributed by atoms with Gasteiger partial charge in [-0.3, -0.25) is 0 Å². The van der Waals surface area contributed by atoms with Gasteiger partial charge in [-0.2, -0.15) is 0 Å². The maximum absolute atomic E-state index is 7.06. The Morgan fingerprint density at radius 2 is 0.915 bits per heavy atom. The van der Waals surface area contributed by atoms with E-state index in [2.05, 4.69) is 219 Å². The van der Waals surface area contributed by atoms with Crippen molar-refractivity contribution in [2.45, 2.75) is 19.3 Å². The van der Waals surface area contributed by atoms with E-state index in [0.29, 0.717) is 0 Å². The molecule has 59 heavy (non-hydrogen) atoms. The van der Waals surface area contributed by atoms with E-state index in [1.165, 1.54) is 60.8 Å². The van der Waals surface area contributed by atoms with Gasteiger partial charge in [-0.15, -0.1) is 0 Å². The van der Waals surface area contributed by atoms with Gasteiger partial charge in [0.15, 0.2) is 0 Å². The van der Waals surface area contributed by atoms with E-state index in [1.807, 2.05) is 0 Å². The zero-order valence-electron chi connectivity index (χ0n) is 32.9.